The predicted octanol–water partition coefficient (Wildman–Crippen LogP) is 7.35. The molecule has 0 spiro atoms. The summed E-state index contributed by atoms with van der Waals surface area (Å²) >= 11 is 0. The normalized spacial score (nSPS) is 10.8. The quantitative estimate of drug-likeness (QED) is 0.0461. The molecule has 1 aromatic heterocycles. The third kappa shape index (κ3) is 15.3. The first-order valence-corrected chi connectivity index (χ1v) is 23.8. The fourth-order valence-electron chi connectivity index (χ4n) is 4.59. The molecule has 0 bridgehead atoms. The third-order valence-electron chi connectivity index (χ3n) is 7.52. The molecule has 0 amide bonds. The van der Waals surface area contributed by atoms with Crippen molar-refractivity contribution in [1.29, 1.82) is 0 Å². The molecule has 0 atom stereocenters. The Hall–Kier alpha value is -4.02. The standard InChI is InChI=1S/C36H39N3O12S6/c1-46-28-10-4-25(5-11-28)22-52-55-34(43)49-19-16-37-31(40)38(17-20-50-35(44)56-53-23-26-6-12-29(47-2)13-7-26)33(42)39(32(37)41)18-21-51-36(45)57-54-24-27-8-14-30(48-3)15-9-27/h4-15H,16-24H2,1-3H3. The summed E-state index contributed by atoms with van der Waals surface area (Å²) in [4.78, 5) is 77.5. The Morgan fingerprint density at radius 1 is 0.439 bits per heavy atom. The van der Waals surface area contributed by atoms with E-state index in [4.69, 9.17) is 28.4 Å². The summed E-state index contributed by atoms with van der Waals surface area (Å²) in [7, 11) is 11.0. The number of carbonyl (C=O) groups is 3. The van der Waals surface area contributed by atoms with Gasteiger partial charge < -0.3 is 28.4 Å². The van der Waals surface area contributed by atoms with Crippen LogP contribution in [0.2, 0.25) is 0 Å². The summed E-state index contributed by atoms with van der Waals surface area (Å²) in [6.45, 7) is -2.17. The van der Waals surface area contributed by atoms with Gasteiger partial charge in [-0.15, -0.1) is 0 Å². The van der Waals surface area contributed by atoms with Gasteiger partial charge in [0, 0.05) is 49.6 Å². The molecular formula is C36H39N3O12S6. The summed E-state index contributed by atoms with van der Waals surface area (Å²) < 4.78 is 33.4. The van der Waals surface area contributed by atoms with Gasteiger partial charge in [0.1, 0.15) is 37.1 Å². The number of methoxy groups -OCH3 is 3. The van der Waals surface area contributed by atoms with Crippen LogP contribution in [0.5, 0.6) is 17.2 Å². The lowest BCUT2D eigenvalue weighted by atomic mass is 10.2. The summed E-state index contributed by atoms with van der Waals surface area (Å²) in [6, 6.07) is 22.1. The van der Waals surface area contributed by atoms with Crippen molar-refractivity contribution < 1.29 is 42.8 Å². The highest BCUT2D eigenvalue weighted by Crippen LogP contribution is 2.30. The van der Waals surface area contributed by atoms with Crippen LogP contribution in [-0.2, 0) is 51.1 Å². The van der Waals surface area contributed by atoms with Gasteiger partial charge in [-0.3, -0.25) is 0 Å². The van der Waals surface area contributed by atoms with E-state index in [2.05, 4.69) is 0 Å². The van der Waals surface area contributed by atoms with Crippen LogP contribution in [0.25, 0.3) is 0 Å². The molecular weight excluding hydrogens is 859 g/mol. The molecule has 0 fully saturated rings. The van der Waals surface area contributed by atoms with Crippen LogP contribution in [0.3, 0.4) is 0 Å². The van der Waals surface area contributed by atoms with Gasteiger partial charge in [0.15, 0.2) is 0 Å². The molecule has 306 valence electrons. The second kappa shape index (κ2) is 24.7. The zero-order chi connectivity index (χ0) is 41.0. The number of aromatic nitrogens is 3. The molecule has 4 rings (SSSR count). The molecule has 0 radical (unpaired) electrons. The maximum Gasteiger partial charge on any atom is 0.378 e. The number of ether oxygens (including phenoxy) is 6. The van der Waals surface area contributed by atoms with Crippen molar-refractivity contribution in [2.75, 3.05) is 41.2 Å². The highest BCUT2D eigenvalue weighted by atomic mass is 33.1. The third-order valence-corrected chi connectivity index (χ3v) is 13.3. The van der Waals surface area contributed by atoms with Gasteiger partial charge in [0.25, 0.3) is 0 Å². The predicted molar refractivity (Wildman–Crippen MR) is 229 cm³/mol. The number of carbonyl (C=O) groups excluding carboxylic acids is 3. The Balaban J connectivity index is 1.34. The highest BCUT2D eigenvalue weighted by Gasteiger charge is 2.18. The lowest BCUT2D eigenvalue weighted by molar-refractivity contribution is 0.162. The van der Waals surface area contributed by atoms with Crippen molar-refractivity contribution in [2.45, 2.75) is 36.9 Å². The molecule has 57 heavy (non-hydrogen) atoms. The van der Waals surface area contributed by atoms with Gasteiger partial charge in [0.05, 0.1) is 41.0 Å². The number of benzene rings is 3. The van der Waals surface area contributed by atoms with Crippen molar-refractivity contribution in [1.82, 2.24) is 13.7 Å². The number of nitrogens with zero attached hydrogens (tertiary/aromatic N) is 3. The number of hydrogen-bond donors (Lipinski definition) is 0. The van der Waals surface area contributed by atoms with Gasteiger partial charge in [0.2, 0.25) is 0 Å². The highest BCUT2D eigenvalue weighted by molar-refractivity contribution is 8.82. The maximum absolute atomic E-state index is 13.4. The topological polar surface area (TPSA) is 173 Å². The molecule has 3 aromatic carbocycles. The van der Waals surface area contributed by atoms with E-state index in [0.29, 0.717) is 34.5 Å². The van der Waals surface area contributed by atoms with Gasteiger partial charge in [-0.1, -0.05) is 68.8 Å². The van der Waals surface area contributed by atoms with Gasteiger partial charge >= 0.3 is 33.0 Å². The molecule has 0 N–H and O–H groups in total. The van der Waals surface area contributed by atoms with E-state index >= 15 is 0 Å². The average molecular weight is 898 g/mol. The van der Waals surface area contributed by atoms with Crippen molar-refractivity contribution in [3.63, 3.8) is 0 Å². The first-order valence-electron chi connectivity index (χ1n) is 16.8. The molecule has 0 aliphatic carbocycles. The minimum Gasteiger partial charge on any atom is -0.497 e. The lowest BCUT2D eigenvalue weighted by Gasteiger charge is -2.14. The fraction of sp³-hybridized carbons (Fsp3) is 0.333. The number of rotatable bonds is 21. The van der Waals surface area contributed by atoms with Gasteiger partial charge in [-0.25, -0.2) is 42.5 Å². The number of hydrogen-bond acceptors (Lipinski definition) is 18. The maximum atomic E-state index is 13.4. The molecule has 0 aliphatic rings. The second-order valence-electron chi connectivity index (χ2n) is 11.2. The second-order valence-corrected chi connectivity index (χ2v) is 17.9. The van der Waals surface area contributed by atoms with E-state index < -0.39 is 33.0 Å². The molecule has 4 aromatic rings. The van der Waals surface area contributed by atoms with Crippen molar-refractivity contribution >= 4 is 80.7 Å². The summed E-state index contributed by atoms with van der Waals surface area (Å²) in [5.74, 6) is 3.66. The van der Waals surface area contributed by atoms with E-state index in [9.17, 15) is 28.8 Å². The van der Waals surface area contributed by atoms with Crippen LogP contribution in [0.1, 0.15) is 16.7 Å². The average Bonchev–Trinajstić information content (AvgIpc) is 3.22. The lowest BCUT2D eigenvalue weighted by Crippen LogP contribution is -2.55. The molecule has 21 heteroatoms. The van der Waals surface area contributed by atoms with Crippen LogP contribution in [0.4, 0.5) is 14.4 Å². The van der Waals surface area contributed by atoms with E-state index in [1.165, 1.54) is 32.4 Å². The Morgan fingerprint density at radius 3 is 0.912 bits per heavy atom. The fourth-order valence-corrected chi connectivity index (χ4v) is 9.49. The van der Waals surface area contributed by atoms with Crippen LogP contribution < -0.4 is 31.3 Å². The van der Waals surface area contributed by atoms with E-state index in [1.807, 2.05) is 72.8 Å². The first-order chi connectivity index (χ1) is 27.6. The SMILES string of the molecule is COc1ccc(CSSC(=O)OCCn2c(=O)n(CCOC(=O)SSCc3ccc(OC)cc3)c(=O)n(CCOC(=O)SSCc3ccc(OC)cc3)c2=O)cc1. The summed E-state index contributed by atoms with van der Waals surface area (Å²) in [5, 5.41) is -1.92. The minimum absolute atomic E-state index is 0.351. The zero-order valence-corrected chi connectivity index (χ0v) is 35.9. The van der Waals surface area contributed by atoms with Crippen LogP contribution in [0.15, 0.2) is 87.2 Å². The van der Waals surface area contributed by atoms with Gasteiger partial charge in [-0.2, -0.15) is 0 Å². The molecule has 0 aliphatic heterocycles. The molecule has 0 saturated heterocycles. The van der Waals surface area contributed by atoms with E-state index in [-0.39, 0.29) is 39.5 Å². The Kier molecular flexibility index (Phi) is 19.8. The summed E-state index contributed by atoms with van der Waals surface area (Å²) in [5.41, 5.74) is -0.0763. The Morgan fingerprint density at radius 2 is 0.684 bits per heavy atom. The van der Waals surface area contributed by atoms with Crippen molar-refractivity contribution in [3.05, 3.63) is 121 Å². The monoisotopic (exact) mass is 897 g/mol. The van der Waals surface area contributed by atoms with E-state index in [1.54, 1.807) is 21.3 Å². The molecule has 0 saturated carbocycles. The van der Waals surface area contributed by atoms with Crippen LogP contribution in [0, 0.1) is 0 Å². The van der Waals surface area contributed by atoms with Gasteiger partial charge in [-0.05, 0) is 53.1 Å². The van der Waals surface area contributed by atoms with Crippen LogP contribution in [-0.4, -0.2) is 70.8 Å². The molecule has 0 unspecified atom stereocenters. The smallest absolute Gasteiger partial charge is 0.378 e. The largest absolute Gasteiger partial charge is 0.497 e. The Bertz CT molecular complexity index is 1830. The first kappa shape index (κ1) is 45.7. The van der Waals surface area contributed by atoms with Crippen LogP contribution >= 0.6 is 64.8 Å². The van der Waals surface area contributed by atoms with Crippen molar-refractivity contribution in [2.24, 2.45) is 0 Å². The Labute approximate surface area is 351 Å². The molecule has 1 heterocycles. The molecule has 15 nitrogen and oxygen atoms in total. The van der Waals surface area contributed by atoms with Crippen molar-refractivity contribution in [3.8, 4) is 17.2 Å². The summed E-state index contributed by atoms with van der Waals surface area (Å²) in [6.07, 6.45) is 0. The minimum atomic E-state index is -0.987. The zero-order valence-electron chi connectivity index (χ0n) is 31.0. The van der Waals surface area contributed by atoms with E-state index in [0.717, 1.165) is 62.8 Å².